The number of carbonyl (C=O) groups is 1. The number of aromatic nitrogens is 2. The number of halogens is 3. The van der Waals surface area contributed by atoms with E-state index in [1.54, 1.807) is 6.92 Å². The normalized spacial score (nSPS) is 12.6. The summed E-state index contributed by atoms with van der Waals surface area (Å²) in [6.45, 7) is 5.54. The molecule has 1 atom stereocenters. The van der Waals surface area contributed by atoms with Crippen molar-refractivity contribution in [1.82, 2.24) is 15.2 Å². The second-order valence-electron chi connectivity index (χ2n) is 10.2. The molecule has 0 saturated carbocycles. The fourth-order valence-electron chi connectivity index (χ4n) is 4.53. The van der Waals surface area contributed by atoms with Gasteiger partial charge in [0.05, 0.1) is 18.2 Å². The number of hydrogen-bond acceptors (Lipinski definition) is 6. The van der Waals surface area contributed by atoms with Crippen molar-refractivity contribution in [3.63, 3.8) is 0 Å². The lowest BCUT2D eigenvalue weighted by Gasteiger charge is -2.27. The third kappa shape index (κ3) is 10.1. The maximum absolute atomic E-state index is 12.9. The predicted molar refractivity (Wildman–Crippen MR) is 148 cm³/mol. The van der Waals surface area contributed by atoms with Crippen LogP contribution in [0.5, 0.6) is 0 Å². The van der Waals surface area contributed by atoms with E-state index in [-0.39, 0.29) is 6.54 Å². The van der Waals surface area contributed by atoms with Crippen molar-refractivity contribution in [1.29, 1.82) is 0 Å². The van der Waals surface area contributed by atoms with Crippen LogP contribution in [0.25, 0.3) is 11.5 Å². The quantitative estimate of drug-likeness (QED) is 0.129. The zero-order valence-electron chi connectivity index (χ0n) is 23.7. The number of benzene rings is 2. The van der Waals surface area contributed by atoms with Crippen molar-refractivity contribution < 1.29 is 27.3 Å². The van der Waals surface area contributed by atoms with Crippen LogP contribution >= 0.6 is 0 Å². The summed E-state index contributed by atoms with van der Waals surface area (Å²) in [5.74, 6) is 0.640. The van der Waals surface area contributed by atoms with Crippen LogP contribution in [-0.2, 0) is 28.8 Å². The Balaban J connectivity index is 1.53. The van der Waals surface area contributed by atoms with Crippen molar-refractivity contribution in [2.24, 2.45) is 0 Å². The number of hydroxylamine groups is 2. The topological polar surface area (TPSA) is 68.5 Å². The average Bonchev–Trinajstić information content (AvgIpc) is 3.40. The SMILES string of the molecule is CCCCCCCCCCCc1noc(-c2ccc(CN(OC(C)=O)[C@H](C)c3ccc(C(F)(F)F)cc3)cc2)n1. The second-order valence-corrected chi connectivity index (χ2v) is 10.2. The largest absolute Gasteiger partial charge is 0.416 e. The summed E-state index contributed by atoms with van der Waals surface area (Å²) in [7, 11) is 0. The van der Waals surface area contributed by atoms with Gasteiger partial charge in [-0.1, -0.05) is 87.7 Å². The van der Waals surface area contributed by atoms with Crippen LogP contribution in [0.4, 0.5) is 13.2 Å². The molecule has 0 aliphatic rings. The molecule has 1 heterocycles. The molecule has 0 bridgehead atoms. The van der Waals surface area contributed by atoms with Gasteiger partial charge in [-0.3, -0.25) is 4.79 Å². The maximum atomic E-state index is 12.9. The first-order valence-electron chi connectivity index (χ1n) is 14.2. The Hall–Kier alpha value is -3.20. The summed E-state index contributed by atoms with van der Waals surface area (Å²) in [6, 6.07) is 11.8. The molecule has 2 aromatic carbocycles. The minimum absolute atomic E-state index is 0.246. The fourth-order valence-corrected chi connectivity index (χ4v) is 4.53. The first-order chi connectivity index (χ1) is 19.2. The summed E-state index contributed by atoms with van der Waals surface area (Å²) in [6.07, 6.45) is 7.70. The molecular formula is C31H40F3N3O3. The first-order valence-corrected chi connectivity index (χ1v) is 14.2. The number of hydrogen-bond donors (Lipinski definition) is 0. The predicted octanol–water partition coefficient (Wildman–Crippen LogP) is 8.87. The maximum Gasteiger partial charge on any atom is 0.416 e. The highest BCUT2D eigenvalue weighted by molar-refractivity contribution is 5.65. The number of rotatable bonds is 16. The van der Waals surface area contributed by atoms with Crippen LogP contribution in [0.1, 0.15) is 107 Å². The number of carbonyl (C=O) groups excluding carboxylic acids is 1. The Morgan fingerprint density at radius 3 is 2.10 bits per heavy atom. The summed E-state index contributed by atoms with van der Waals surface area (Å²) < 4.78 is 44.3. The van der Waals surface area contributed by atoms with Gasteiger partial charge in [-0.25, -0.2) is 0 Å². The van der Waals surface area contributed by atoms with Crippen LogP contribution in [0.15, 0.2) is 53.1 Å². The van der Waals surface area contributed by atoms with Crippen LogP contribution in [0.3, 0.4) is 0 Å². The van der Waals surface area contributed by atoms with E-state index in [0.29, 0.717) is 17.3 Å². The third-order valence-electron chi connectivity index (χ3n) is 6.91. The lowest BCUT2D eigenvalue weighted by Crippen LogP contribution is -2.29. The van der Waals surface area contributed by atoms with Gasteiger partial charge in [0, 0.05) is 18.9 Å². The second kappa shape index (κ2) is 15.6. The van der Waals surface area contributed by atoms with Gasteiger partial charge in [-0.15, -0.1) is 5.06 Å². The van der Waals surface area contributed by atoms with Gasteiger partial charge >= 0.3 is 12.1 Å². The smallest absolute Gasteiger partial charge is 0.367 e. The summed E-state index contributed by atoms with van der Waals surface area (Å²) in [4.78, 5) is 21.7. The molecule has 0 saturated heterocycles. The zero-order chi connectivity index (χ0) is 29.0. The molecule has 3 aromatic rings. The summed E-state index contributed by atoms with van der Waals surface area (Å²) >= 11 is 0. The van der Waals surface area contributed by atoms with Gasteiger partial charge in [0.1, 0.15) is 0 Å². The molecule has 9 heteroatoms. The highest BCUT2D eigenvalue weighted by Crippen LogP contribution is 2.31. The zero-order valence-corrected chi connectivity index (χ0v) is 23.7. The van der Waals surface area contributed by atoms with Crippen LogP contribution in [-0.4, -0.2) is 21.2 Å². The third-order valence-corrected chi connectivity index (χ3v) is 6.91. The molecule has 0 amide bonds. The van der Waals surface area contributed by atoms with Gasteiger partial charge in [0.15, 0.2) is 5.82 Å². The molecule has 3 rings (SSSR count). The first kappa shape index (κ1) is 31.3. The Morgan fingerprint density at radius 2 is 1.52 bits per heavy atom. The van der Waals surface area contributed by atoms with E-state index in [1.165, 1.54) is 69.1 Å². The van der Waals surface area contributed by atoms with Crippen molar-refractivity contribution in [3.05, 3.63) is 71.0 Å². The lowest BCUT2D eigenvalue weighted by molar-refractivity contribution is -0.202. The van der Waals surface area contributed by atoms with E-state index in [2.05, 4.69) is 17.1 Å². The standard InChI is InChI=1S/C31H40F3N3O3/c1-4-5-6-7-8-9-10-11-12-13-29-35-30(39-36-29)27-16-14-25(15-17-27)22-37(40-24(3)38)23(2)26-18-20-28(21-19-26)31(32,33)34/h14-21,23H,4-13,22H2,1-3H3/t23-/m1/s1. The number of unbranched alkanes of at least 4 members (excludes halogenated alkanes) is 8. The van der Waals surface area contributed by atoms with Crippen molar-refractivity contribution in [2.45, 2.75) is 104 Å². The van der Waals surface area contributed by atoms with E-state index in [9.17, 15) is 18.0 Å². The number of nitrogens with zero attached hydrogens (tertiary/aromatic N) is 3. The van der Waals surface area contributed by atoms with Gasteiger partial charge in [0.25, 0.3) is 5.89 Å². The molecule has 0 fully saturated rings. The Bertz CT molecular complexity index is 1160. The van der Waals surface area contributed by atoms with E-state index < -0.39 is 23.8 Å². The minimum Gasteiger partial charge on any atom is -0.367 e. The van der Waals surface area contributed by atoms with E-state index in [0.717, 1.165) is 42.5 Å². The van der Waals surface area contributed by atoms with Crippen LogP contribution in [0, 0.1) is 0 Å². The summed E-state index contributed by atoms with van der Waals surface area (Å²) in [5, 5.41) is 5.57. The van der Waals surface area contributed by atoms with Crippen molar-refractivity contribution >= 4 is 5.97 Å². The lowest BCUT2D eigenvalue weighted by atomic mass is 10.0. The molecule has 0 aliphatic heterocycles. The molecule has 0 unspecified atom stereocenters. The highest BCUT2D eigenvalue weighted by Gasteiger charge is 2.30. The molecule has 0 N–H and O–H groups in total. The Kier molecular flexibility index (Phi) is 12.2. The molecule has 6 nitrogen and oxygen atoms in total. The number of aryl methyl sites for hydroxylation is 1. The highest BCUT2D eigenvalue weighted by atomic mass is 19.4. The summed E-state index contributed by atoms with van der Waals surface area (Å²) in [5.41, 5.74) is 1.49. The van der Waals surface area contributed by atoms with Crippen LogP contribution in [0.2, 0.25) is 0 Å². The van der Waals surface area contributed by atoms with Crippen molar-refractivity contribution in [2.75, 3.05) is 0 Å². The average molecular weight is 560 g/mol. The van der Waals surface area contributed by atoms with Crippen molar-refractivity contribution in [3.8, 4) is 11.5 Å². The van der Waals surface area contributed by atoms with Gasteiger partial charge in [-0.05, 0) is 48.7 Å². The van der Waals surface area contributed by atoms with E-state index >= 15 is 0 Å². The molecule has 0 radical (unpaired) electrons. The Morgan fingerprint density at radius 1 is 0.925 bits per heavy atom. The molecule has 1 aromatic heterocycles. The van der Waals surface area contributed by atoms with Crippen LogP contribution < -0.4 is 0 Å². The van der Waals surface area contributed by atoms with Gasteiger partial charge in [0.2, 0.25) is 0 Å². The monoisotopic (exact) mass is 559 g/mol. The van der Waals surface area contributed by atoms with E-state index in [1.807, 2.05) is 24.3 Å². The molecular weight excluding hydrogens is 519 g/mol. The van der Waals surface area contributed by atoms with Gasteiger partial charge < -0.3 is 9.36 Å². The molecule has 0 aliphatic carbocycles. The van der Waals surface area contributed by atoms with E-state index in [4.69, 9.17) is 9.36 Å². The molecule has 0 spiro atoms. The minimum atomic E-state index is -4.41. The molecule has 218 valence electrons. The number of alkyl halides is 3. The molecule has 40 heavy (non-hydrogen) atoms. The Labute approximate surface area is 234 Å². The van der Waals surface area contributed by atoms with Gasteiger partial charge in [-0.2, -0.15) is 18.2 Å². The fraction of sp³-hybridized carbons (Fsp3) is 0.516.